The number of carbonyl (C=O) groups is 1. The normalized spacial score (nSPS) is 11.1. The highest BCUT2D eigenvalue weighted by Crippen LogP contribution is 2.24. The first kappa shape index (κ1) is 19.8. The fraction of sp³-hybridized carbons (Fsp3) is 0.227. The smallest absolute Gasteiger partial charge is 0.270 e. The van der Waals surface area contributed by atoms with Crippen LogP contribution in [-0.2, 0) is 12.0 Å². The number of hydrogen-bond acceptors (Lipinski definition) is 4. The molecule has 0 unspecified atom stereocenters. The Bertz CT molecular complexity index is 965. The highest BCUT2D eigenvalue weighted by atomic mass is 35.5. The lowest BCUT2D eigenvalue weighted by atomic mass is 9.87. The highest BCUT2D eigenvalue weighted by Gasteiger charge is 2.13. The molecule has 0 fully saturated rings. The van der Waals surface area contributed by atoms with Crippen molar-refractivity contribution in [3.05, 3.63) is 82.6 Å². The van der Waals surface area contributed by atoms with Crippen molar-refractivity contribution in [1.82, 2.24) is 15.3 Å². The van der Waals surface area contributed by atoms with Crippen LogP contribution in [0, 0.1) is 0 Å². The third kappa shape index (κ3) is 5.08. The van der Waals surface area contributed by atoms with Gasteiger partial charge in [0.2, 0.25) is 5.95 Å². The minimum absolute atomic E-state index is 0.0919. The Hall–Kier alpha value is -2.92. The van der Waals surface area contributed by atoms with Gasteiger partial charge < -0.3 is 10.6 Å². The molecule has 3 rings (SSSR count). The second kappa shape index (κ2) is 8.40. The second-order valence-corrected chi connectivity index (χ2v) is 7.90. The lowest BCUT2D eigenvalue weighted by Gasteiger charge is -2.19. The molecule has 144 valence electrons. The van der Waals surface area contributed by atoms with E-state index in [0.29, 0.717) is 17.5 Å². The Morgan fingerprint density at radius 1 is 1.04 bits per heavy atom. The largest absolute Gasteiger partial charge is 0.347 e. The van der Waals surface area contributed by atoms with E-state index in [2.05, 4.69) is 53.5 Å². The van der Waals surface area contributed by atoms with Crippen LogP contribution in [0.5, 0.6) is 0 Å². The highest BCUT2D eigenvalue weighted by molar-refractivity contribution is 6.31. The van der Waals surface area contributed by atoms with E-state index >= 15 is 0 Å². The summed E-state index contributed by atoms with van der Waals surface area (Å²) in [5.74, 6) is 0.0855. The fourth-order valence-electron chi connectivity index (χ4n) is 2.64. The summed E-state index contributed by atoms with van der Waals surface area (Å²) in [5.41, 5.74) is 3.34. The maximum Gasteiger partial charge on any atom is 0.270 e. The van der Waals surface area contributed by atoms with E-state index in [-0.39, 0.29) is 17.0 Å². The van der Waals surface area contributed by atoms with Crippen LogP contribution in [0.3, 0.4) is 0 Å². The average molecular weight is 395 g/mol. The van der Waals surface area contributed by atoms with Gasteiger partial charge in [0.05, 0.1) is 0 Å². The zero-order chi connectivity index (χ0) is 20.1. The summed E-state index contributed by atoms with van der Waals surface area (Å²) < 4.78 is 0. The van der Waals surface area contributed by atoms with Crippen LogP contribution in [0.4, 0.5) is 11.6 Å². The molecule has 2 aromatic carbocycles. The molecule has 0 saturated heterocycles. The van der Waals surface area contributed by atoms with Gasteiger partial charge in [0, 0.05) is 23.5 Å². The molecule has 1 heterocycles. The monoisotopic (exact) mass is 394 g/mol. The van der Waals surface area contributed by atoms with Gasteiger partial charge in [-0.2, -0.15) is 0 Å². The Morgan fingerprint density at radius 3 is 2.43 bits per heavy atom. The van der Waals surface area contributed by atoms with E-state index in [0.717, 1.165) is 11.3 Å². The van der Waals surface area contributed by atoms with Crippen molar-refractivity contribution < 1.29 is 4.79 Å². The molecule has 28 heavy (non-hydrogen) atoms. The predicted octanol–water partition coefficient (Wildman–Crippen LogP) is 5.10. The molecule has 3 aromatic rings. The molecule has 6 heteroatoms. The number of carbonyl (C=O) groups excluding carboxylic acids is 1. The van der Waals surface area contributed by atoms with Crippen molar-refractivity contribution in [1.29, 1.82) is 0 Å². The third-order valence-corrected chi connectivity index (χ3v) is 4.66. The first-order valence-electron chi connectivity index (χ1n) is 9.05. The molecule has 1 amide bonds. The van der Waals surface area contributed by atoms with Crippen molar-refractivity contribution >= 4 is 29.1 Å². The first-order valence-corrected chi connectivity index (χ1v) is 9.43. The molecule has 0 bridgehead atoms. The van der Waals surface area contributed by atoms with E-state index in [1.54, 1.807) is 18.3 Å². The van der Waals surface area contributed by atoms with Gasteiger partial charge in [0.25, 0.3) is 5.91 Å². The van der Waals surface area contributed by atoms with Crippen LogP contribution in [0.2, 0.25) is 5.02 Å². The number of halogens is 1. The molecule has 0 spiro atoms. The summed E-state index contributed by atoms with van der Waals surface area (Å²) in [6.45, 7) is 6.84. The third-order valence-electron chi connectivity index (χ3n) is 4.29. The van der Waals surface area contributed by atoms with Crippen molar-refractivity contribution in [2.45, 2.75) is 32.7 Å². The fourth-order valence-corrected chi connectivity index (χ4v) is 2.84. The van der Waals surface area contributed by atoms with Crippen LogP contribution in [0.15, 0.2) is 60.8 Å². The van der Waals surface area contributed by atoms with Crippen LogP contribution >= 0.6 is 11.6 Å². The Labute approximate surface area is 170 Å². The van der Waals surface area contributed by atoms with Crippen molar-refractivity contribution in [3.63, 3.8) is 0 Å². The zero-order valence-corrected chi connectivity index (χ0v) is 16.9. The molecular formula is C22H23ClN4O. The number of aromatic nitrogens is 2. The Kier molecular flexibility index (Phi) is 5.95. The zero-order valence-electron chi connectivity index (χ0n) is 16.2. The van der Waals surface area contributed by atoms with E-state index in [9.17, 15) is 4.79 Å². The summed E-state index contributed by atoms with van der Waals surface area (Å²) >= 11 is 6.12. The maximum atomic E-state index is 12.4. The van der Waals surface area contributed by atoms with Crippen molar-refractivity contribution in [2.24, 2.45) is 0 Å². The van der Waals surface area contributed by atoms with E-state index in [1.807, 2.05) is 30.3 Å². The number of benzene rings is 2. The molecule has 0 aliphatic rings. The standard InChI is InChI=1S/C22H23ClN4O/c1-22(2,3)16-8-10-17(11-9-16)26-21-24-13-12-19(27-21)20(28)25-14-15-6-4-5-7-18(15)23/h4-13H,14H2,1-3H3,(H,25,28)(H,24,26,27). The predicted molar refractivity (Wildman–Crippen MR) is 113 cm³/mol. The number of nitrogens with one attached hydrogen (secondary N) is 2. The van der Waals surface area contributed by atoms with E-state index in [1.165, 1.54) is 5.56 Å². The minimum atomic E-state index is -0.284. The first-order chi connectivity index (χ1) is 13.3. The molecule has 0 radical (unpaired) electrons. The number of hydrogen-bond donors (Lipinski definition) is 2. The summed E-state index contributed by atoms with van der Waals surface area (Å²) in [6.07, 6.45) is 1.56. The number of rotatable bonds is 5. The number of nitrogens with zero attached hydrogens (tertiary/aromatic N) is 2. The maximum absolute atomic E-state index is 12.4. The molecular weight excluding hydrogens is 372 g/mol. The molecule has 0 aliphatic carbocycles. The van der Waals surface area contributed by atoms with Crippen LogP contribution < -0.4 is 10.6 Å². The van der Waals surface area contributed by atoms with Gasteiger partial charge >= 0.3 is 0 Å². The topological polar surface area (TPSA) is 66.9 Å². The van der Waals surface area contributed by atoms with Gasteiger partial charge in [-0.25, -0.2) is 9.97 Å². The minimum Gasteiger partial charge on any atom is -0.347 e. The SMILES string of the molecule is CC(C)(C)c1ccc(Nc2nccc(C(=O)NCc3ccccc3Cl)n2)cc1. The molecule has 2 N–H and O–H groups in total. The molecule has 5 nitrogen and oxygen atoms in total. The molecule has 0 saturated carbocycles. The van der Waals surface area contributed by atoms with Crippen molar-refractivity contribution in [2.75, 3.05) is 5.32 Å². The lowest BCUT2D eigenvalue weighted by Crippen LogP contribution is -2.24. The second-order valence-electron chi connectivity index (χ2n) is 7.49. The summed E-state index contributed by atoms with van der Waals surface area (Å²) in [7, 11) is 0. The lowest BCUT2D eigenvalue weighted by molar-refractivity contribution is 0.0946. The molecule has 1 aromatic heterocycles. The summed E-state index contributed by atoms with van der Waals surface area (Å²) in [6, 6.07) is 17.1. The van der Waals surface area contributed by atoms with E-state index < -0.39 is 0 Å². The van der Waals surface area contributed by atoms with Crippen LogP contribution in [0.1, 0.15) is 42.4 Å². The van der Waals surface area contributed by atoms with Gasteiger partial charge in [0.15, 0.2) is 0 Å². The van der Waals surface area contributed by atoms with Crippen molar-refractivity contribution in [3.8, 4) is 0 Å². The van der Waals surface area contributed by atoms with Crippen LogP contribution in [-0.4, -0.2) is 15.9 Å². The summed E-state index contributed by atoms with van der Waals surface area (Å²) in [4.78, 5) is 20.9. The van der Waals surface area contributed by atoms with Gasteiger partial charge in [-0.3, -0.25) is 4.79 Å². The molecule has 0 atom stereocenters. The summed E-state index contributed by atoms with van der Waals surface area (Å²) in [5, 5.41) is 6.58. The van der Waals surface area contributed by atoms with E-state index in [4.69, 9.17) is 11.6 Å². The Morgan fingerprint density at radius 2 is 1.75 bits per heavy atom. The average Bonchev–Trinajstić information content (AvgIpc) is 2.67. The Balaban J connectivity index is 1.66. The van der Waals surface area contributed by atoms with Gasteiger partial charge in [-0.15, -0.1) is 0 Å². The van der Waals surface area contributed by atoms with Crippen LogP contribution in [0.25, 0.3) is 0 Å². The van der Waals surface area contributed by atoms with Gasteiger partial charge in [-0.1, -0.05) is 62.7 Å². The number of amides is 1. The quantitative estimate of drug-likeness (QED) is 0.631. The van der Waals surface area contributed by atoms with Gasteiger partial charge in [-0.05, 0) is 40.8 Å². The van der Waals surface area contributed by atoms with Gasteiger partial charge in [0.1, 0.15) is 5.69 Å². The number of anilines is 2. The molecule has 0 aliphatic heterocycles.